The van der Waals surface area contributed by atoms with E-state index in [9.17, 15) is 54.0 Å². The molecule has 0 unspecified atom stereocenters. The number of hydrogen-bond acceptors (Lipinski definition) is 27. The number of likely N-dealkylation sites (tertiary alicyclic amines) is 3. The van der Waals surface area contributed by atoms with Crippen molar-refractivity contribution in [2.24, 2.45) is 9.98 Å². The minimum Gasteiger partial charge on any atom is -0.508 e. The lowest BCUT2D eigenvalue weighted by Gasteiger charge is -2.28. The molecule has 10 aromatic rings. The summed E-state index contributed by atoms with van der Waals surface area (Å²) in [5.41, 5.74) is 15.3. The number of benzene rings is 9. The molecule has 4 fully saturated rings. The second kappa shape index (κ2) is 49.9. The van der Waals surface area contributed by atoms with Crippen LogP contribution >= 0.6 is 123 Å². The van der Waals surface area contributed by atoms with Crippen molar-refractivity contribution >= 4 is 197 Å². The minimum atomic E-state index is -1.72. The summed E-state index contributed by atoms with van der Waals surface area (Å²) in [6.45, 7) is 19.0. The van der Waals surface area contributed by atoms with Crippen LogP contribution in [0.1, 0.15) is 181 Å². The van der Waals surface area contributed by atoms with E-state index in [2.05, 4.69) is 81.5 Å². The number of nitrogens with zero attached hydrogens (tertiary/aromatic N) is 7. The zero-order valence-corrected chi connectivity index (χ0v) is 85.5. The number of aromatic hydroxyl groups is 7. The maximum absolute atomic E-state index is 13.1. The van der Waals surface area contributed by atoms with E-state index in [0.717, 1.165) is 146 Å². The van der Waals surface area contributed by atoms with E-state index < -0.39 is 16.6 Å². The number of aryl methyl sites for hydroxylation is 3. The second-order valence-corrected chi connectivity index (χ2v) is 43.5. The summed E-state index contributed by atoms with van der Waals surface area (Å²) in [6, 6.07) is 31.0. The first kappa shape index (κ1) is 107. The molecule has 0 spiro atoms. The number of H-pyrrole nitrogens is 1. The zero-order chi connectivity index (χ0) is 100. The van der Waals surface area contributed by atoms with Gasteiger partial charge in [-0.25, -0.2) is 30.1 Å². The maximum atomic E-state index is 13.1. The molecule has 0 saturated carbocycles. The number of hydrogen-bond donors (Lipinski definition) is 9. The van der Waals surface area contributed by atoms with Gasteiger partial charge in [0.25, 0.3) is 0 Å². The number of piperazine rings is 1. The predicted octanol–water partition coefficient (Wildman–Crippen LogP) is 21.0. The number of carbonyl (C=O) groups excluding carboxylic acids is 7. The number of aldehydes is 1. The summed E-state index contributed by atoms with van der Waals surface area (Å²) in [5, 5.41) is 79.7. The molecule has 9 aromatic carbocycles. The van der Waals surface area contributed by atoms with E-state index in [4.69, 9.17) is 162 Å². The van der Waals surface area contributed by atoms with Crippen LogP contribution in [0.25, 0.3) is 10.9 Å². The van der Waals surface area contributed by atoms with E-state index >= 15 is 0 Å². The van der Waals surface area contributed by atoms with Gasteiger partial charge in [-0.05, 0) is 188 Å². The number of phenols is 7. The van der Waals surface area contributed by atoms with Crippen LogP contribution in [0.3, 0.4) is 0 Å². The highest BCUT2D eigenvalue weighted by molar-refractivity contribution is 7.54. The van der Waals surface area contributed by atoms with Crippen LogP contribution in [-0.4, -0.2) is 220 Å². The van der Waals surface area contributed by atoms with Gasteiger partial charge in [0.2, 0.25) is 34.2 Å². The van der Waals surface area contributed by atoms with Gasteiger partial charge in [0.1, 0.15) is 74.7 Å². The Bertz CT molecular complexity index is 6260. The normalized spacial score (nSPS) is 16.8. The van der Waals surface area contributed by atoms with Crippen LogP contribution < -0.4 is 29.0 Å². The smallest absolute Gasteiger partial charge is 0.508 e. The molecule has 11 aliphatic heterocycles. The number of phenolic OH excluding ortho intramolecular Hbond substituents is 7. The Morgan fingerprint density at radius 2 is 0.807 bits per heavy atom. The summed E-state index contributed by atoms with van der Waals surface area (Å²) in [4.78, 5) is 98.7. The lowest BCUT2D eigenvalue weighted by Crippen LogP contribution is -2.42. The fourth-order valence-corrected chi connectivity index (χ4v) is 18.1. The number of aromatic amines is 1. The zero-order valence-electron chi connectivity index (χ0n) is 76.0. The molecule has 0 aliphatic carbocycles. The van der Waals surface area contributed by atoms with Crippen molar-refractivity contribution in [2.75, 3.05) is 91.1 Å². The van der Waals surface area contributed by atoms with Gasteiger partial charge in [0, 0.05) is 93.2 Å². The van der Waals surface area contributed by atoms with E-state index in [1.54, 1.807) is 12.2 Å². The Hall–Kier alpha value is -9.92. The molecule has 1 aromatic heterocycles. The van der Waals surface area contributed by atoms with Crippen molar-refractivity contribution in [3.63, 3.8) is 0 Å². The summed E-state index contributed by atoms with van der Waals surface area (Å²) in [6.07, 6.45) is 14.9. The number of allylic oxidation sites excluding steroid dienone is 4. The Balaban J connectivity index is 0.000000140. The Labute approximate surface area is 863 Å². The summed E-state index contributed by atoms with van der Waals surface area (Å²) in [5.74, 6) is 1.76. The molecule has 0 atom stereocenters. The van der Waals surface area contributed by atoms with Crippen LogP contribution in [0.5, 0.6) is 69.0 Å². The van der Waals surface area contributed by atoms with Crippen molar-refractivity contribution in [2.45, 2.75) is 118 Å². The molecular formula is C100H97AlCl11N9O19. The SMILES string of the molecule is Cc1ccc2c(c1)C(/C=C1\Oc3c(cc(Cl)c(O)c3CN3CCCCC3)C1=O)=NC2.Cc1ccc2c(c1)C(/C=C1\Oc3c(cc(Cl)c(O)c3CN3CCNCC3)C1=O)=NC2.Cc1ccc2n[nH]c(C=O)c2c1.O=C(Cl)CCl.O=C1COc2c1cc(Cl)c(O)c2CN1CCCCC1.O=C1COc2c1cc(Cl)c(O)c2CN1CCCCC1.O=C1COc2cc(O)c(Cl)cc21.Oc1ccc(Cl)c(O)c1.[Cl][Al]([Cl])[Cl]. The van der Waals surface area contributed by atoms with Gasteiger partial charge in [-0.2, -0.15) is 5.10 Å². The summed E-state index contributed by atoms with van der Waals surface area (Å²) < 4.78 is 27.9. The number of aromatic nitrogens is 2. The van der Waals surface area contributed by atoms with Gasteiger partial charge >= 0.3 is 11.4 Å². The third-order valence-corrected chi connectivity index (χ3v) is 26.3. The molecule has 4 saturated heterocycles. The molecule has 140 heavy (non-hydrogen) atoms. The highest BCUT2D eigenvalue weighted by atomic mass is 35.8. The van der Waals surface area contributed by atoms with E-state index in [0.29, 0.717) is 124 Å². The van der Waals surface area contributed by atoms with Gasteiger partial charge < -0.3 is 64.7 Å². The Kier molecular flexibility index (Phi) is 38.2. The van der Waals surface area contributed by atoms with Crippen LogP contribution in [-0.2, 0) is 44.1 Å². The molecule has 736 valence electrons. The maximum Gasteiger partial charge on any atom is 0.643 e. The number of piperidine rings is 3. The third kappa shape index (κ3) is 27.1. The average Bonchev–Trinajstić information content (AvgIpc) is 1.61. The molecule has 40 heteroatoms. The van der Waals surface area contributed by atoms with Crippen LogP contribution in [0.2, 0.25) is 30.1 Å². The number of ether oxygens (including phenoxy) is 5. The molecule has 0 radical (unpaired) electrons. The van der Waals surface area contributed by atoms with Crippen molar-refractivity contribution in [3.8, 4) is 69.0 Å². The molecule has 28 nitrogen and oxygen atoms in total. The topological polar surface area (TPSA) is 386 Å². The molecule has 12 heterocycles. The lowest BCUT2D eigenvalue weighted by molar-refractivity contribution is -0.109. The fourth-order valence-electron chi connectivity index (χ4n) is 16.9. The highest BCUT2D eigenvalue weighted by Gasteiger charge is 2.38. The van der Waals surface area contributed by atoms with Crippen LogP contribution in [0, 0.1) is 20.8 Å². The molecule has 0 amide bonds. The fraction of sp³-hybridized carbons (Fsp3) is 0.320. The number of fused-ring (bicyclic) bond motifs is 8. The molecular weight excluding hydrogens is 2050 g/mol. The van der Waals surface area contributed by atoms with E-state index in [1.807, 2.05) is 39.0 Å². The number of halogens is 11. The van der Waals surface area contributed by atoms with E-state index in [-0.39, 0.29) is 137 Å². The molecule has 9 N–H and O–H groups in total. The van der Waals surface area contributed by atoms with Crippen molar-refractivity contribution in [1.29, 1.82) is 0 Å². The van der Waals surface area contributed by atoms with Crippen molar-refractivity contribution in [3.05, 3.63) is 258 Å². The largest absolute Gasteiger partial charge is 0.643 e. The molecule has 21 rings (SSSR count). The predicted molar refractivity (Wildman–Crippen MR) is 545 cm³/mol. The van der Waals surface area contributed by atoms with Crippen molar-refractivity contribution in [1.82, 2.24) is 35.1 Å². The number of nitrogens with one attached hydrogen (secondary N) is 2. The average molecular weight is 2150 g/mol. The number of aliphatic imine (C=N–C) groups is 2. The van der Waals surface area contributed by atoms with Gasteiger partial charge in [-0.15, -0.1) is 11.6 Å². The second-order valence-electron chi connectivity index (χ2n) is 34.0. The number of Topliss-reactive ketones (excluding diaryl/α,β-unsaturated/α-hetero) is 5. The molecule has 0 bridgehead atoms. The lowest BCUT2D eigenvalue weighted by atomic mass is 10.0. The Morgan fingerprint density at radius 1 is 0.436 bits per heavy atom. The standard InChI is InChI=1S/C24H23ClN2O3.C23H22ClN3O3.2C14H16ClNO3.C9H8N2O.C8H5ClO3.C6H5ClO2.C2H2Cl2O.Al.3ClH/c1-14-5-6-15-12-26-20(16(15)9-14)11-21-23(29)17-10-19(25)22(28)18(24(17)30-21)13-27-7-3-2-4-8-27;1-13-2-3-14-11-26-19(15(14)8-13)10-20-22(29)16-9-18(24)21(28)17(23(16)30-20)12-27-6-4-25-5-7-27;2*15-11-6-9-12(17)8-19-14(9)10(13(11)18)7-16-4-2-1-3-5-16;1-6-2-3-8-7(4-6)9(5-12)11-10-8;9-5-1-4-7(11)3-12-8(4)2-6(5)10;7-5-2-1-4(8)3-6(5)9;3-1-2(4)5;;;;/h5-6,9-11,28H,2-4,7-8,12-13H2,1H3;2-3,8-10,25,28H,4-7,11-12H2,1H3;2*6,18H,1-5,7-8H2;2-5H,1H3,(H,10,11);1-2,10H,3H2;1-3,8-9H;1H2;;3*1H/q;;;;;;;;+3;;;/p-3/b21-11-;20-10-;;;;;;;;;;. The van der Waals surface area contributed by atoms with Gasteiger partial charge in [0.15, 0.2) is 37.6 Å². The van der Waals surface area contributed by atoms with Crippen LogP contribution in [0.4, 0.5) is 0 Å². The summed E-state index contributed by atoms with van der Waals surface area (Å²) in [7, 11) is 14.8. The number of rotatable bonds is 12. The van der Waals surface area contributed by atoms with Gasteiger partial charge in [0.05, 0.1) is 116 Å². The van der Waals surface area contributed by atoms with E-state index in [1.165, 1.54) is 99.5 Å². The monoisotopic (exact) mass is 2140 g/mol. The molecule has 11 aliphatic rings. The summed E-state index contributed by atoms with van der Waals surface area (Å²) >= 11 is 43.4. The first-order chi connectivity index (χ1) is 67.0. The first-order valence-corrected chi connectivity index (χ1v) is 53.2. The van der Waals surface area contributed by atoms with Gasteiger partial charge in [-0.3, -0.25) is 68.2 Å². The number of ketones is 5. The quantitative estimate of drug-likeness (QED) is 0.0180. The Morgan fingerprint density at radius 3 is 1.21 bits per heavy atom. The number of alkyl halides is 1. The first-order valence-electron chi connectivity index (χ1n) is 44.7. The third-order valence-electron chi connectivity index (χ3n) is 24.0. The van der Waals surface area contributed by atoms with Gasteiger partial charge in [-0.1, -0.05) is 136 Å². The number of carbonyl (C=O) groups is 7. The van der Waals surface area contributed by atoms with Crippen LogP contribution in [0.15, 0.2) is 143 Å². The highest BCUT2D eigenvalue weighted by Crippen LogP contribution is 2.49. The minimum absolute atomic E-state index is 0.00535. The van der Waals surface area contributed by atoms with Crippen molar-refractivity contribution < 1.29 is 93.0 Å².